The highest BCUT2D eigenvalue weighted by molar-refractivity contribution is 7.92. The largest absolute Gasteiger partial charge is 0.339 e. The highest BCUT2D eigenvalue weighted by Gasteiger charge is 2.13. The lowest BCUT2D eigenvalue weighted by molar-refractivity contribution is 0.601. The molecule has 0 aliphatic rings. The number of benzene rings is 2. The van der Waals surface area contributed by atoms with Gasteiger partial charge in [-0.25, -0.2) is 13.4 Å². The number of pyridine rings is 1. The SMILES string of the molecule is O=S(=O)(Nc1ccc(Nc2cc(Cl)ccc2Cl)nc1)c1ccccc1. The molecule has 0 unspecified atom stereocenters. The summed E-state index contributed by atoms with van der Waals surface area (Å²) in [4.78, 5) is 4.37. The number of hydrogen-bond acceptors (Lipinski definition) is 4. The van der Waals surface area contributed by atoms with E-state index in [0.717, 1.165) is 0 Å². The van der Waals surface area contributed by atoms with Gasteiger partial charge in [-0.3, -0.25) is 4.72 Å². The average molecular weight is 394 g/mol. The molecule has 1 heterocycles. The molecule has 3 rings (SSSR count). The Labute approximate surface area is 155 Å². The molecule has 0 saturated heterocycles. The first-order valence-corrected chi connectivity index (χ1v) is 9.44. The van der Waals surface area contributed by atoms with Gasteiger partial charge in [0, 0.05) is 5.02 Å². The van der Waals surface area contributed by atoms with Crippen molar-refractivity contribution in [3.05, 3.63) is 76.9 Å². The maximum Gasteiger partial charge on any atom is 0.261 e. The topological polar surface area (TPSA) is 71.1 Å². The Morgan fingerprint density at radius 3 is 2.36 bits per heavy atom. The molecule has 0 aliphatic carbocycles. The minimum Gasteiger partial charge on any atom is -0.339 e. The van der Waals surface area contributed by atoms with E-state index in [-0.39, 0.29) is 4.90 Å². The van der Waals surface area contributed by atoms with Crippen LogP contribution < -0.4 is 10.0 Å². The van der Waals surface area contributed by atoms with E-state index in [4.69, 9.17) is 23.2 Å². The van der Waals surface area contributed by atoms with E-state index in [2.05, 4.69) is 15.0 Å². The lowest BCUT2D eigenvalue weighted by Crippen LogP contribution is -2.13. The van der Waals surface area contributed by atoms with Gasteiger partial charge >= 0.3 is 0 Å². The molecule has 0 atom stereocenters. The fraction of sp³-hybridized carbons (Fsp3) is 0. The second-order valence-electron chi connectivity index (χ2n) is 5.10. The first-order valence-electron chi connectivity index (χ1n) is 7.20. The monoisotopic (exact) mass is 393 g/mol. The second-order valence-corrected chi connectivity index (χ2v) is 7.63. The number of anilines is 3. The number of nitrogens with zero attached hydrogens (tertiary/aromatic N) is 1. The average Bonchev–Trinajstić information content (AvgIpc) is 2.60. The van der Waals surface area contributed by atoms with E-state index >= 15 is 0 Å². The molecular weight excluding hydrogens is 381 g/mol. The van der Waals surface area contributed by atoms with Gasteiger partial charge < -0.3 is 5.32 Å². The van der Waals surface area contributed by atoms with Crippen LogP contribution in [0, 0.1) is 0 Å². The molecule has 5 nitrogen and oxygen atoms in total. The normalized spacial score (nSPS) is 11.1. The quantitative estimate of drug-likeness (QED) is 0.644. The molecule has 1 aromatic heterocycles. The highest BCUT2D eigenvalue weighted by Crippen LogP contribution is 2.28. The molecule has 0 fully saturated rings. The van der Waals surface area contributed by atoms with Gasteiger partial charge in [0.2, 0.25) is 0 Å². The number of sulfonamides is 1. The van der Waals surface area contributed by atoms with Crippen LogP contribution in [0.1, 0.15) is 0 Å². The summed E-state index contributed by atoms with van der Waals surface area (Å²) in [6.45, 7) is 0. The summed E-state index contributed by atoms with van der Waals surface area (Å²) in [6, 6.07) is 16.4. The van der Waals surface area contributed by atoms with Gasteiger partial charge in [0.15, 0.2) is 0 Å². The number of nitrogens with one attached hydrogen (secondary N) is 2. The summed E-state index contributed by atoms with van der Waals surface area (Å²) in [5, 5.41) is 4.07. The fourth-order valence-electron chi connectivity index (χ4n) is 2.07. The third kappa shape index (κ3) is 4.42. The van der Waals surface area contributed by atoms with Gasteiger partial charge in [-0.2, -0.15) is 0 Å². The highest BCUT2D eigenvalue weighted by atomic mass is 35.5. The standard InChI is InChI=1S/C17H13Cl2N3O2S/c18-12-6-8-15(19)16(10-12)21-17-9-7-13(11-20-17)22-25(23,24)14-4-2-1-3-5-14/h1-11,22H,(H,20,21). The van der Waals surface area contributed by atoms with Gasteiger partial charge in [-0.05, 0) is 42.5 Å². The van der Waals surface area contributed by atoms with E-state index in [1.54, 1.807) is 48.5 Å². The van der Waals surface area contributed by atoms with Crippen molar-refractivity contribution in [3.63, 3.8) is 0 Å². The van der Waals surface area contributed by atoms with Gasteiger partial charge in [0.25, 0.3) is 10.0 Å². The Balaban J connectivity index is 1.75. The molecule has 2 aromatic carbocycles. The molecule has 25 heavy (non-hydrogen) atoms. The summed E-state index contributed by atoms with van der Waals surface area (Å²) in [5.41, 5.74) is 0.964. The number of aromatic nitrogens is 1. The Morgan fingerprint density at radius 1 is 0.920 bits per heavy atom. The van der Waals surface area contributed by atoms with E-state index in [1.165, 1.54) is 18.3 Å². The fourth-order valence-corrected chi connectivity index (χ4v) is 3.47. The smallest absolute Gasteiger partial charge is 0.261 e. The molecule has 0 saturated carbocycles. The van der Waals surface area contributed by atoms with Crippen LogP contribution in [0.5, 0.6) is 0 Å². The van der Waals surface area contributed by atoms with Crippen LogP contribution in [0.3, 0.4) is 0 Å². The van der Waals surface area contributed by atoms with Crippen molar-refractivity contribution in [1.82, 2.24) is 4.98 Å². The predicted molar refractivity (Wildman–Crippen MR) is 101 cm³/mol. The second kappa shape index (κ2) is 7.31. The summed E-state index contributed by atoms with van der Waals surface area (Å²) < 4.78 is 27.0. The van der Waals surface area contributed by atoms with Crippen molar-refractivity contribution < 1.29 is 8.42 Å². The molecule has 128 valence electrons. The summed E-state index contributed by atoms with van der Waals surface area (Å²) >= 11 is 12.0. The molecular formula is C17H13Cl2N3O2S. The first kappa shape index (κ1) is 17.5. The van der Waals surface area contributed by atoms with Gasteiger partial charge in [0.05, 0.1) is 27.5 Å². The molecule has 0 bridgehead atoms. The van der Waals surface area contributed by atoms with E-state index in [1.807, 2.05) is 0 Å². The number of halogens is 2. The summed E-state index contributed by atoms with van der Waals surface area (Å²) in [7, 11) is -3.65. The van der Waals surface area contributed by atoms with Gasteiger partial charge in [0.1, 0.15) is 5.82 Å². The lowest BCUT2D eigenvalue weighted by Gasteiger charge is -2.10. The zero-order valence-corrected chi connectivity index (χ0v) is 15.1. The van der Waals surface area contributed by atoms with Crippen LogP contribution in [0.25, 0.3) is 0 Å². The van der Waals surface area contributed by atoms with Crippen LogP contribution >= 0.6 is 23.2 Å². The van der Waals surface area contributed by atoms with Gasteiger partial charge in [-0.15, -0.1) is 0 Å². The Bertz CT molecular complexity index is 979. The van der Waals surface area contributed by atoms with Gasteiger partial charge in [-0.1, -0.05) is 41.4 Å². The minimum atomic E-state index is -3.65. The van der Waals surface area contributed by atoms with Crippen LogP contribution in [-0.4, -0.2) is 13.4 Å². The lowest BCUT2D eigenvalue weighted by atomic mass is 10.3. The first-order chi connectivity index (χ1) is 11.9. The van der Waals surface area contributed by atoms with Crippen molar-refractivity contribution in [3.8, 4) is 0 Å². The maximum atomic E-state index is 12.3. The predicted octanol–water partition coefficient (Wildman–Crippen LogP) is 4.93. The van der Waals surface area contributed by atoms with E-state index in [9.17, 15) is 8.42 Å². The van der Waals surface area contributed by atoms with Crippen molar-refractivity contribution in [2.45, 2.75) is 4.90 Å². The third-order valence-electron chi connectivity index (χ3n) is 3.26. The van der Waals surface area contributed by atoms with Crippen molar-refractivity contribution in [2.24, 2.45) is 0 Å². The minimum absolute atomic E-state index is 0.183. The Hall–Kier alpha value is -2.28. The number of hydrogen-bond donors (Lipinski definition) is 2. The molecule has 0 aliphatic heterocycles. The Morgan fingerprint density at radius 2 is 1.68 bits per heavy atom. The zero-order valence-electron chi connectivity index (χ0n) is 12.8. The Kier molecular flexibility index (Phi) is 5.13. The van der Waals surface area contributed by atoms with Crippen molar-refractivity contribution in [1.29, 1.82) is 0 Å². The molecule has 2 N–H and O–H groups in total. The number of rotatable bonds is 5. The van der Waals surface area contributed by atoms with E-state index < -0.39 is 10.0 Å². The molecule has 0 amide bonds. The van der Waals surface area contributed by atoms with Crippen LogP contribution in [0.2, 0.25) is 10.0 Å². The third-order valence-corrected chi connectivity index (χ3v) is 5.22. The summed E-state index contributed by atoms with van der Waals surface area (Å²) in [6.07, 6.45) is 1.42. The maximum absolute atomic E-state index is 12.3. The molecule has 3 aromatic rings. The van der Waals surface area contributed by atoms with Crippen LogP contribution in [0.4, 0.5) is 17.2 Å². The molecule has 0 spiro atoms. The molecule has 0 radical (unpaired) electrons. The van der Waals surface area contributed by atoms with Crippen LogP contribution in [-0.2, 0) is 10.0 Å². The van der Waals surface area contributed by atoms with Crippen molar-refractivity contribution >= 4 is 50.4 Å². The zero-order chi connectivity index (χ0) is 17.9. The summed E-state index contributed by atoms with van der Waals surface area (Å²) in [5.74, 6) is 0.506. The van der Waals surface area contributed by atoms with E-state index in [0.29, 0.717) is 27.2 Å². The molecule has 8 heteroatoms. The van der Waals surface area contributed by atoms with Crippen LogP contribution in [0.15, 0.2) is 71.8 Å². The van der Waals surface area contributed by atoms with Crippen molar-refractivity contribution in [2.75, 3.05) is 10.0 Å².